The Morgan fingerprint density at radius 2 is 2.08 bits per heavy atom. The van der Waals surface area contributed by atoms with Crippen LogP contribution in [0.3, 0.4) is 0 Å². The molecule has 0 saturated carbocycles. The van der Waals surface area contributed by atoms with E-state index in [0.717, 1.165) is 5.56 Å². The van der Waals surface area contributed by atoms with Gasteiger partial charge in [-0.05, 0) is 12.1 Å². The molecule has 190 valence electrons. The van der Waals surface area contributed by atoms with Gasteiger partial charge in [0, 0.05) is 55.3 Å². The van der Waals surface area contributed by atoms with Gasteiger partial charge in [-0.25, -0.2) is 9.78 Å². The van der Waals surface area contributed by atoms with Crippen LogP contribution >= 0.6 is 23.2 Å². The van der Waals surface area contributed by atoms with E-state index in [1.165, 1.54) is 0 Å². The van der Waals surface area contributed by atoms with E-state index in [1.807, 2.05) is 30.3 Å². The van der Waals surface area contributed by atoms with E-state index in [4.69, 9.17) is 42.1 Å². The van der Waals surface area contributed by atoms with E-state index in [1.54, 1.807) is 53.5 Å². The molecular weight excluding hydrogens is 507 g/mol. The second kappa shape index (κ2) is 10.4. The molecule has 2 saturated heterocycles. The molecule has 0 spiro atoms. The third-order valence-electron chi connectivity index (χ3n) is 6.39. The Morgan fingerprint density at radius 3 is 2.81 bits per heavy atom. The maximum atomic E-state index is 13.5. The summed E-state index contributed by atoms with van der Waals surface area (Å²) in [5, 5.41) is 4.17. The van der Waals surface area contributed by atoms with Crippen LogP contribution in [-0.2, 0) is 37.0 Å². The van der Waals surface area contributed by atoms with Crippen molar-refractivity contribution in [3.05, 3.63) is 88.4 Å². The average molecular weight is 533 g/mol. The predicted molar refractivity (Wildman–Crippen MR) is 132 cm³/mol. The van der Waals surface area contributed by atoms with Crippen molar-refractivity contribution in [3.8, 4) is 0 Å². The molecule has 2 aliphatic heterocycles. The highest BCUT2D eigenvalue weighted by Gasteiger charge is 2.49. The first-order chi connectivity index (χ1) is 17.5. The highest BCUT2D eigenvalue weighted by atomic mass is 35.5. The molecule has 9 nitrogen and oxygen atoms in total. The van der Waals surface area contributed by atoms with E-state index in [9.17, 15) is 4.79 Å². The molecule has 3 unspecified atom stereocenters. The van der Waals surface area contributed by atoms with Gasteiger partial charge in [0.1, 0.15) is 6.61 Å². The van der Waals surface area contributed by atoms with Gasteiger partial charge in [0.2, 0.25) is 12.1 Å². The number of imidazole rings is 1. The number of carbonyl (C=O) groups excluding carboxylic acids is 1. The molecule has 2 aromatic carbocycles. The van der Waals surface area contributed by atoms with E-state index < -0.39 is 23.9 Å². The molecule has 0 radical (unpaired) electrons. The zero-order valence-corrected chi connectivity index (χ0v) is 21.1. The van der Waals surface area contributed by atoms with Crippen LogP contribution in [-0.4, -0.2) is 60.2 Å². The molecule has 2 fully saturated rings. The fraction of sp³-hybridized carbons (Fsp3) is 0.360. The number of hydrogen-bond acceptors (Lipinski definition) is 7. The van der Waals surface area contributed by atoms with Crippen LogP contribution < -0.4 is 5.32 Å². The van der Waals surface area contributed by atoms with Gasteiger partial charge in [-0.15, -0.1) is 0 Å². The van der Waals surface area contributed by atoms with Gasteiger partial charge in [-0.2, -0.15) is 0 Å². The van der Waals surface area contributed by atoms with Gasteiger partial charge in [-0.3, -0.25) is 4.90 Å². The molecule has 5 rings (SSSR count). The van der Waals surface area contributed by atoms with E-state index in [2.05, 4.69) is 10.3 Å². The van der Waals surface area contributed by atoms with Crippen molar-refractivity contribution < 1.29 is 23.7 Å². The number of halogens is 2. The molecule has 0 bridgehead atoms. The monoisotopic (exact) mass is 532 g/mol. The van der Waals surface area contributed by atoms with Crippen molar-refractivity contribution in [2.24, 2.45) is 0 Å². The Bertz CT molecular complexity index is 1200. The number of hydrogen-bond donors (Lipinski definition) is 1. The molecule has 3 atom stereocenters. The van der Waals surface area contributed by atoms with Gasteiger partial charge >= 0.3 is 6.09 Å². The Morgan fingerprint density at radius 1 is 1.25 bits per heavy atom. The Balaban J connectivity index is 1.39. The molecule has 1 amide bonds. The lowest BCUT2D eigenvalue weighted by atomic mass is 9.99. The average Bonchev–Trinajstić information content (AvgIpc) is 3.55. The minimum Gasteiger partial charge on any atom is -0.417 e. The van der Waals surface area contributed by atoms with E-state index in [0.29, 0.717) is 35.2 Å². The molecule has 11 heteroatoms. The van der Waals surface area contributed by atoms with Gasteiger partial charge in [-0.1, -0.05) is 59.6 Å². The number of piperazine rings is 1. The normalized spacial score (nSPS) is 26.2. The highest BCUT2D eigenvalue weighted by molar-refractivity contribution is 6.35. The SMILES string of the molecule is COC1(c2ccccc2)CNCCN1C(=O)OC1COC(Cn2ccnc2)(c2ccc(Cl)cc2Cl)O1. The van der Waals surface area contributed by atoms with Gasteiger partial charge in [0.05, 0.1) is 17.9 Å². The largest absolute Gasteiger partial charge is 0.417 e. The third-order valence-corrected chi connectivity index (χ3v) is 6.94. The third kappa shape index (κ3) is 4.70. The number of ether oxygens (including phenoxy) is 4. The minimum absolute atomic E-state index is 0.0107. The summed E-state index contributed by atoms with van der Waals surface area (Å²) in [7, 11) is 1.58. The Kier molecular flexibility index (Phi) is 7.21. The van der Waals surface area contributed by atoms with Crippen LogP contribution in [0.25, 0.3) is 0 Å². The molecule has 36 heavy (non-hydrogen) atoms. The molecule has 1 aromatic heterocycles. The Labute approximate surface area is 218 Å². The number of methoxy groups -OCH3 is 1. The number of nitrogens with one attached hydrogen (secondary N) is 1. The zero-order valence-electron chi connectivity index (χ0n) is 19.6. The summed E-state index contributed by atoms with van der Waals surface area (Å²) in [6.45, 7) is 1.65. The summed E-state index contributed by atoms with van der Waals surface area (Å²) >= 11 is 12.6. The first-order valence-corrected chi connectivity index (χ1v) is 12.2. The quantitative estimate of drug-likeness (QED) is 0.514. The lowest BCUT2D eigenvalue weighted by molar-refractivity contribution is -0.220. The number of nitrogens with zero attached hydrogens (tertiary/aromatic N) is 3. The van der Waals surface area contributed by atoms with E-state index in [-0.39, 0.29) is 13.2 Å². The predicted octanol–water partition coefficient (Wildman–Crippen LogP) is 3.96. The lowest BCUT2D eigenvalue weighted by Gasteiger charge is -2.45. The summed E-state index contributed by atoms with van der Waals surface area (Å²) in [6, 6.07) is 14.6. The second-order valence-electron chi connectivity index (χ2n) is 8.54. The number of carbonyl (C=O) groups is 1. The summed E-state index contributed by atoms with van der Waals surface area (Å²) in [5.74, 6) is -1.31. The van der Waals surface area contributed by atoms with Crippen molar-refractivity contribution in [2.75, 3.05) is 33.4 Å². The summed E-state index contributed by atoms with van der Waals surface area (Å²) in [5.41, 5.74) is 0.379. The van der Waals surface area contributed by atoms with Crippen molar-refractivity contribution in [2.45, 2.75) is 24.3 Å². The topological polar surface area (TPSA) is 87.1 Å². The smallest absolute Gasteiger partial charge is 0.414 e. The first kappa shape index (κ1) is 25.0. The summed E-state index contributed by atoms with van der Waals surface area (Å²) < 4.78 is 26.0. The number of aromatic nitrogens is 2. The van der Waals surface area contributed by atoms with Crippen LogP contribution in [0.5, 0.6) is 0 Å². The fourth-order valence-electron chi connectivity index (χ4n) is 4.67. The number of rotatable bonds is 6. The van der Waals surface area contributed by atoms with Gasteiger partial charge < -0.3 is 28.8 Å². The van der Waals surface area contributed by atoms with Crippen molar-refractivity contribution in [1.29, 1.82) is 0 Å². The number of amides is 1. The lowest BCUT2D eigenvalue weighted by Crippen LogP contribution is -2.62. The fourth-order valence-corrected chi connectivity index (χ4v) is 5.22. The Hall–Kier alpha value is -2.66. The summed E-state index contributed by atoms with van der Waals surface area (Å²) in [4.78, 5) is 19.2. The molecule has 1 N–H and O–H groups in total. The van der Waals surface area contributed by atoms with Crippen molar-refractivity contribution in [1.82, 2.24) is 19.8 Å². The van der Waals surface area contributed by atoms with Gasteiger partial charge in [0.25, 0.3) is 0 Å². The maximum absolute atomic E-state index is 13.5. The van der Waals surface area contributed by atoms with Crippen LogP contribution in [0.1, 0.15) is 11.1 Å². The number of benzene rings is 2. The van der Waals surface area contributed by atoms with Crippen LogP contribution in [0.2, 0.25) is 10.0 Å². The standard InChI is InChI=1S/C25H26Cl2N4O5/c1-33-24(18-5-3-2-4-6-18)15-28-10-12-31(24)23(32)35-22-14-34-25(36-22,16-30-11-9-29-17-30)20-8-7-19(26)13-21(20)27/h2-9,11,13,17,22,28H,10,12,14-16H2,1H3. The molecule has 2 aliphatic rings. The molecule has 0 aliphatic carbocycles. The highest BCUT2D eigenvalue weighted by Crippen LogP contribution is 2.41. The van der Waals surface area contributed by atoms with Crippen LogP contribution in [0.15, 0.2) is 67.3 Å². The van der Waals surface area contributed by atoms with E-state index >= 15 is 0 Å². The zero-order chi connectivity index (χ0) is 25.2. The van der Waals surface area contributed by atoms with Crippen molar-refractivity contribution in [3.63, 3.8) is 0 Å². The maximum Gasteiger partial charge on any atom is 0.414 e. The van der Waals surface area contributed by atoms with Crippen LogP contribution in [0.4, 0.5) is 4.79 Å². The second-order valence-corrected chi connectivity index (χ2v) is 9.38. The summed E-state index contributed by atoms with van der Waals surface area (Å²) in [6.07, 6.45) is 3.53. The first-order valence-electron chi connectivity index (χ1n) is 11.5. The molecular formula is C25H26Cl2N4O5. The van der Waals surface area contributed by atoms with Gasteiger partial charge in [0.15, 0.2) is 5.72 Å². The van der Waals surface area contributed by atoms with Crippen LogP contribution in [0, 0.1) is 0 Å². The minimum atomic E-state index is -1.31. The molecule has 3 aromatic rings. The molecule has 3 heterocycles. The van der Waals surface area contributed by atoms with Crippen molar-refractivity contribution >= 4 is 29.3 Å².